The maximum absolute atomic E-state index is 11.9. The summed E-state index contributed by atoms with van der Waals surface area (Å²) in [4.78, 5) is 11.9. The number of carbonyl (C=O) groups is 1. The SMILES string of the molecule is CCOC(=O)C1CCCOc2cc(Br)ccc21. The number of esters is 1. The van der Waals surface area contributed by atoms with Crippen LogP contribution in [0.1, 0.15) is 31.2 Å². The van der Waals surface area contributed by atoms with Gasteiger partial charge in [-0.25, -0.2) is 0 Å². The molecule has 1 heterocycles. The van der Waals surface area contributed by atoms with Gasteiger partial charge < -0.3 is 9.47 Å². The van der Waals surface area contributed by atoms with Crippen molar-refractivity contribution in [2.75, 3.05) is 13.2 Å². The third-order valence-electron chi connectivity index (χ3n) is 2.82. The van der Waals surface area contributed by atoms with Crippen molar-refractivity contribution in [3.63, 3.8) is 0 Å². The van der Waals surface area contributed by atoms with Gasteiger partial charge in [0.05, 0.1) is 19.1 Å². The lowest BCUT2D eigenvalue weighted by molar-refractivity contribution is -0.145. The zero-order valence-corrected chi connectivity index (χ0v) is 11.3. The summed E-state index contributed by atoms with van der Waals surface area (Å²) in [5.41, 5.74) is 0.934. The zero-order valence-electron chi connectivity index (χ0n) is 9.74. The van der Waals surface area contributed by atoms with E-state index in [4.69, 9.17) is 9.47 Å². The number of hydrogen-bond acceptors (Lipinski definition) is 3. The Morgan fingerprint density at radius 1 is 1.59 bits per heavy atom. The van der Waals surface area contributed by atoms with Crippen LogP contribution in [0.3, 0.4) is 0 Å². The zero-order chi connectivity index (χ0) is 12.3. The van der Waals surface area contributed by atoms with Crippen LogP contribution in [0.15, 0.2) is 22.7 Å². The monoisotopic (exact) mass is 298 g/mol. The van der Waals surface area contributed by atoms with Gasteiger partial charge in [-0.05, 0) is 31.9 Å². The molecule has 0 radical (unpaired) electrons. The molecule has 17 heavy (non-hydrogen) atoms. The lowest BCUT2D eigenvalue weighted by Crippen LogP contribution is -2.15. The summed E-state index contributed by atoms with van der Waals surface area (Å²) in [6.45, 7) is 2.90. The van der Waals surface area contributed by atoms with Crippen LogP contribution < -0.4 is 4.74 Å². The lowest BCUT2D eigenvalue weighted by Gasteiger charge is -2.15. The number of fused-ring (bicyclic) bond motifs is 1. The summed E-state index contributed by atoms with van der Waals surface area (Å²) in [6, 6.07) is 5.78. The fourth-order valence-electron chi connectivity index (χ4n) is 2.03. The molecule has 0 aromatic heterocycles. The van der Waals surface area contributed by atoms with Crippen LogP contribution in [0, 0.1) is 0 Å². The van der Waals surface area contributed by atoms with Crippen molar-refractivity contribution >= 4 is 21.9 Å². The average molecular weight is 299 g/mol. The molecule has 92 valence electrons. The highest BCUT2D eigenvalue weighted by atomic mass is 79.9. The van der Waals surface area contributed by atoms with Crippen LogP contribution in [0.5, 0.6) is 5.75 Å². The Morgan fingerprint density at radius 2 is 2.41 bits per heavy atom. The van der Waals surface area contributed by atoms with Gasteiger partial charge >= 0.3 is 5.97 Å². The van der Waals surface area contributed by atoms with E-state index in [1.807, 2.05) is 25.1 Å². The summed E-state index contributed by atoms with van der Waals surface area (Å²) < 4.78 is 11.7. The van der Waals surface area contributed by atoms with E-state index in [-0.39, 0.29) is 11.9 Å². The predicted molar refractivity (Wildman–Crippen MR) is 68.2 cm³/mol. The van der Waals surface area contributed by atoms with E-state index < -0.39 is 0 Å². The largest absolute Gasteiger partial charge is 0.493 e. The number of hydrogen-bond donors (Lipinski definition) is 0. The minimum Gasteiger partial charge on any atom is -0.493 e. The Kier molecular flexibility index (Phi) is 4.05. The molecule has 1 atom stereocenters. The first-order chi connectivity index (χ1) is 8.22. The van der Waals surface area contributed by atoms with Crippen molar-refractivity contribution in [2.45, 2.75) is 25.7 Å². The molecule has 0 N–H and O–H groups in total. The Labute approximate surface area is 109 Å². The summed E-state index contributed by atoms with van der Waals surface area (Å²) in [7, 11) is 0. The highest BCUT2D eigenvalue weighted by Gasteiger charge is 2.27. The minimum absolute atomic E-state index is 0.151. The molecule has 1 unspecified atom stereocenters. The second kappa shape index (κ2) is 5.54. The minimum atomic E-state index is -0.194. The van der Waals surface area contributed by atoms with Crippen LogP contribution in [0.2, 0.25) is 0 Å². The molecule has 0 saturated carbocycles. The molecular formula is C13H15BrO3. The molecular weight excluding hydrogens is 284 g/mol. The van der Waals surface area contributed by atoms with Crippen molar-refractivity contribution in [2.24, 2.45) is 0 Å². The molecule has 3 nitrogen and oxygen atoms in total. The normalized spacial score (nSPS) is 18.8. The summed E-state index contributed by atoms with van der Waals surface area (Å²) >= 11 is 3.41. The fourth-order valence-corrected chi connectivity index (χ4v) is 2.37. The third kappa shape index (κ3) is 2.80. The van der Waals surface area contributed by atoms with Crippen LogP contribution in [-0.2, 0) is 9.53 Å². The number of halogens is 1. The van der Waals surface area contributed by atoms with Crippen LogP contribution in [-0.4, -0.2) is 19.2 Å². The van der Waals surface area contributed by atoms with Gasteiger partial charge in [-0.2, -0.15) is 0 Å². The second-order valence-corrected chi connectivity index (χ2v) is 4.89. The number of rotatable bonds is 2. The van der Waals surface area contributed by atoms with E-state index in [0.29, 0.717) is 13.2 Å². The van der Waals surface area contributed by atoms with E-state index in [1.54, 1.807) is 0 Å². The first-order valence-corrected chi connectivity index (χ1v) is 6.60. The molecule has 1 aliphatic rings. The smallest absolute Gasteiger partial charge is 0.313 e. The second-order valence-electron chi connectivity index (χ2n) is 3.98. The summed E-state index contributed by atoms with van der Waals surface area (Å²) in [5.74, 6) is 0.442. The maximum Gasteiger partial charge on any atom is 0.313 e. The number of carbonyl (C=O) groups excluding carboxylic acids is 1. The molecule has 0 bridgehead atoms. The van der Waals surface area contributed by atoms with Gasteiger partial charge in [0.1, 0.15) is 5.75 Å². The lowest BCUT2D eigenvalue weighted by atomic mass is 9.94. The molecule has 4 heteroatoms. The standard InChI is InChI=1S/C13H15BrO3/c1-2-16-13(15)11-4-3-7-17-12-8-9(14)5-6-10(11)12/h5-6,8,11H,2-4,7H2,1H3. The average Bonchev–Trinajstić information content (AvgIpc) is 2.51. The summed E-state index contributed by atoms with van der Waals surface area (Å²) in [5, 5.41) is 0. The topological polar surface area (TPSA) is 35.5 Å². The third-order valence-corrected chi connectivity index (χ3v) is 3.31. The Balaban J connectivity index is 2.33. The van der Waals surface area contributed by atoms with E-state index in [9.17, 15) is 4.79 Å². The van der Waals surface area contributed by atoms with Crippen LogP contribution >= 0.6 is 15.9 Å². The molecule has 1 aromatic rings. The van der Waals surface area contributed by atoms with Gasteiger partial charge in [0.25, 0.3) is 0 Å². The molecule has 0 saturated heterocycles. The van der Waals surface area contributed by atoms with E-state index >= 15 is 0 Å². The predicted octanol–water partition coefficient (Wildman–Crippen LogP) is 3.27. The van der Waals surface area contributed by atoms with Crippen molar-refractivity contribution in [3.05, 3.63) is 28.2 Å². The van der Waals surface area contributed by atoms with Crippen molar-refractivity contribution in [3.8, 4) is 5.75 Å². The van der Waals surface area contributed by atoms with Crippen LogP contribution in [0.25, 0.3) is 0 Å². The molecule has 1 aliphatic heterocycles. The Hall–Kier alpha value is -1.03. The molecule has 0 aliphatic carbocycles. The number of benzene rings is 1. The Morgan fingerprint density at radius 3 is 3.18 bits per heavy atom. The molecule has 2 rings (SSSR count). The first-order valence-electron chi connectivity index (χ1n) is 5.81. The molecule has 0 fully saturated rings. The molecule has 0 spiro atoms. The first kappa shape index (κ1) is 12.4. The number of ether oxygens (including phenoxy) is 2. The quantitative estimate of drug-likeness (QED) is 0.786. The molecule has 1 aromatic carbocycles. The Bertz CT molecular complexity index is 417. The van der Waals surface area contributed by atoms with Gasteiger partial charge in [0.2, 0.25) is 0 Å². The highest BCUT2D eigenvalue weighted by Crippen LogP contribution is 2.35. The van der Waals surface area contributed by atoms with Gasteiger partial charge in [0.15, 0.2) is 0 Å². The maximum atomic E-state index is 11.9. The van der Waals surface area contributed by atoms with Gasteiger partial charge in [-0.3, -0.25) is 4.79 Å². The highest BCUT2D eigenvalue weighted by molar-refractivity contribution is 9.10. The molecule has 0 amide bonds. The van der Waals surface area contributed by atoms with Crippen LogP contribution in [0.4, 0.5) is 0 Å². The van der Waals surface area contributed by atoms with E-state index in [2.05, 4.69) is 15.9 Å². The fraction of sp³-hybridized carbons (Fsp3) is 0.462. The summed E-state index contributed by atoms with van der Waals surface area (Å²) in [6.07, 6.45) is 1.66. The van der Waals surface area contributed by atoms with Gasteiger partial charge in [-0.15, -0.1) is 0 Å². The van der Waals surface area contributed by atoms with Crippen molar-refractivity contribution in [1.29, 1.82) is 0 Å². The van der Waals surface area contributed by atoms with Gasteiger partial charge in [0, 0.05) is 10.0 Å². The van der Waals surface area contributed by atoms with Crippen molar-refractivity contribution < 1.29 is 14.3 Å². The van der Waals surface area contributed by atoms with Crippen molar-refractivity contribution in [1.82, 2.24) is 0 Å². The van der Waals surface area contributed by atoms with E-state index in [1.165, 1.54) is 0 Å². The van der Waals surface area contributed by atoms with E-state index in [0.717, 1.165) is 28.6 Å². The van der Waals surface area contributed by atoms with Gasteiger partial charge in [-0.1, -0.05) is 22.0 Å².